The van der Waals surface area contributed by atoms with Gasteiger partial charge in [0.1, 0.15) is 5.82 Å². The maximum absolute atomic E-state index is 10.7. The van der Waals surface area contributed by atoms with Gasteiger partial charge in [-0.3, -0.25) is 4.79 Å². The molecule has 108 valence electrons. The predicted molar refractivity (Wildman–Crippen MR) is 75.5 cm³/mol. The molecule has 0 amide bonds. The second kappa shape index (κ2) is 7.49. The van der Waals surface area contributed by atoms with E-state index < -0.39 is 5.97 Å². The molecule has 7 heteroatoms. The molecule has 1 atom stereocenters. The van der Waals surface area contributed by atoms with E-state index in [0.717, 1.165) is 25.2 Å². The first-order valence-electron chi connectivity index (χ1n) is 6.38. The Kier molecular flexibility index (Phi) is 6.30. The third-order valence-corrected chi connectivity index (χ3v) is 3.87. The van der Waals surface area contributed by atoms with E-state index in [1.165, 1.54) is 11.8 Å². The van der Waals surface area contributed by atoms with Crippen LogP contribution in [-0.2, 0) is 17.8 Å². The number of aryl methyl sites for hydroxylation is 1. The third-order valence-electron chi connectivity index (χ3n) is 2.92. The lowest BCUT2D eigenvalue weighted by molar-refractivity contribution is -0.133. The van der Waals surface area contributed by atoms with Gasteiger partial charge in [0.05, 0.1) is 5.75 Å². The van der Waals surface area contributed by atoms with Gasteiger partial charge >= 0.3 is 5.97 Å². The molecule has 1 rings (SSSR count). The highest BCUT2D eigenvalue weighted by molar-refractivity contribution is 7.99. The lowest BCUT2D eigenvalue weighted by Gasteiger charge is -2.21. The normalized spacial score (nSPS) is 12.9. The van der Waals surface area contributed by atoms with Crippen LogP contribution in [0, 0.1) is 0 Å². The zero-order valence-corrected chi connectivity index (χ0v) is 12.8. The van der Waals surface area contributed by atoms with E-state index in [1.807, 2.05) is 18.7 Å². The maximum atomic E-state index is 10.7. The lowest BCUT2D eigenvalue weighted by atomic mass is 10.3. The minimum atomic E-state index is -0.836. The van der Waals surface area contributed by atoms with Gasteiger partial charge in [-0.2, -0.15) is 0 Å². The maximum Gasteiger partial charge on any atom is 0.313 e. The molecular weight excluding hydrogens is 264 g/mol. The van der Waals surface area contributed by atoms with E-state index in [1.54, 1.807) is 0 Å². The van der Waals surface area contributed by atoms with Crippen LogP contribution in [0.4, 0.5) is 0 Å². The van der Waals surface area contributed by atoms with E-state index in [2.05, 4.69) is 28.9 Å². The fourth-order valence-electron chi connectivity index (χ4n) is 1.57. The largest absolute Gasteiger partial charge is 0.481 e. The Bertz CT molecular complexity index is 420. The van der Waals surface area contributed by atoms with E-state index in [-0.39, 0.29) is 5.75 Å². The van der Waals surface area contributed by atoms with Crippen LogP contribution in [0.3, 0.4) is 0 Å². The van der Waals surface area contributed by atoms with Gasteiger partial charge in [-0.1, -0.05) is 18.7 Å². The summed E-state index contributed by atoms with van der Waals surface area (Å²) in [6, 6.07) is 0.343. The Labute approximate surface area is 118 Å². The highest BCUT2D eigenvalue weighted by Crippen LogP contribution is 2.18. The van der Waals surface area contributed by atoms with Gasteiger partial charge in [0.2, 0.25) is 0 Å². The number of carboxylic acids is 1. The SMILES string of the molecule is CCCc1nnc(SCC(=O)O)n1CC(C)N(C)C. The first-order chi connectivity index (χ1) is 8.95. The van der Waals surface area contributed by atoms with Crippen LogP contribution < -0.4 is 0 Å². The molecule has 0 spiro atoms. The fourth-order valence-corrected chi connectivity index (χ4v) is 2.26. The van der Waals surface area contributed by atoms with Crippen molar-refractivity contribution in [1.82, 2.24) is 19.7 Å². The molecule has 0 fully saturated rings. The van der Waals surface area contributed by atoms with Gasteiger partial charge in [0, 0.05) is 19.0 Å². The summed E-state index contributed by atoms with van der Waals surface area (Å²) in [5.74, 6) is 0.113. The van der Waals surface area contributed by atoms with Crippen molar-refractivity contribution in [3.63, 3.8) is 0 Å². The summed E-state index contributed by atoms with van der Waals surface area (Å²) in [6.45, 7) is 5.00. The summed E-state index contributed by atoms with van der Waals surface area (Å²) >= 11 is 1.23. The number of rotatable bonds is 8. The Morgan fingerprint density at radius 3 is 2.68 bits per heavy atom. The molecule has 0 radical (unpaired) electrons. The highest BCUT2D eigenvalue weighted by Gasteiger charge is 2.16. The van der Waals surface area contributed by atoms with Crippen molar-refractivity contribution in [3.8, 4) is 0 Å². The zero-order valence-electron chi connectivity index (χ0n) is 12.0. The Balaban J connectivity index is 2.87. The molecule has 1 aromatic rings. The van der Waals surface area contributed by atoms with Crippen molar-refractivity contribution >= 4 is 17.7 Å². The van der Waals surface area contributed by atoms with Crippen molar-refractivity contribution in [2.75, 3.05) is 19.8 Å². The quantitative estimate of drug-likeness (QED) is 0.728. The minimum absolute atomic E-state index is 0.0145. The van der Waals surface area contributed by atoms with Gasteiger partial charge in [-0.25, -0.2) is 0 Å². The molecule has 0 aromatic carbocycles. The lowest BCUT2D eigenvalue weighted by Crippen LogP contribution is -2.30. The summed E-state index contributed by atoms with van der Waals surface area (Å²) in [6.07, 6.45) is 1.86. The van der Waals surface area contributed by atoms with Crippen molar-refractivity contribution < 1.29 is 9.90 Å². The van der Waals surface area contributed by atoms with Crippen molar-refractivity contribution in [2.24, 2.45) is 0 Å². The average Bonchev–Trinajstić information content (AvgIpc) is 2.70. The fraction of sp³-hybridized carbons (Fsp3) is 0.750. The third kappa shape index (κ3) is 4.83. The van der Waals surface area contributed by atoms with Gasteiger partial charge in [0.25, 0.3) is 0 Å². The summed E-state index contributed by atoms with van der Waals surface area (Å²) in [5, 5.41) is 17.7. The molecular formula is C12H22N4O2S. The number of thioether (sulfide) groups is 1. The van der Waals surface area contributed by atoms with Crippen LogP contribution in [0.25, 0.3) is 0 Å². The van der Waals surface area contributed by atoms with Crippen LogP contribution in [0.5, 0.6) is 0 Å². The molecule has 0 saturated carbocycles. The molecule has 1 heterocycles. The van der Waals surface area contributed by atoms with E-state index >= 15 is 0 Å². The Morgan fingerprint density at radius 1 is 1.47 bits per heavy atom. The Hall–Kier alpha value is -1.08. The first kappa shape index (κ1) is 16.0. The molecule has 1 aromatic heterocycles. The Morgan fingerprint density at radius 2 is 2.16 bits per heavy atom. The van der Waals surface area contributed by atoms with Crippen molar-refractivity contribution in [3.05, 3.63) is 5.82 Å². The number of aromatic nitrogens is 3. The molecule has 0 aliphatic carbocycles. The standard InChI is InChI=1S/C12H22N4O2S/c1-5-6-10-13-14-12(19-8-11(17)18)16(10)7-9(2)15(3)4/h9H,5-8H2,1-4H3,(H,17,18). The molecule has 0 aliphatic rings. The number of hydrogen-bond acceptors (Lipinski definition) is 5. The van der Waals surface area contributed by atoms with Gasteiger partial charge in [0.15, 0.2) is 5.16 Å². The molecule has 19 heavy (non-hydrogen) atoms. The second-order valence-electron chi connectivity index (χ2n) is 4.75. The van der Waals surface area contributed by atoms with E-state index in [0.29, 0.717) is 11.2 Å². The zero-order chi connectivity index (χ0) is 14.4. The van der Waals surface area contributed by atoms with Gasteiger partial charge in [-0.15, -0.1) is 10.2 Å². The molecule has 0 bridgehead atoms. The number of aliphatic carboxylic acids is 1. The molecule has 1 unspecified atom stereocenters. The summed E-state index contributed by atoms with van der Waals surface area (Å²) < 4.78 is 2.04. The number of hydrogen-bond donors (Lipinski definition) is 1. The van der Waals surface area contributed by atoms with Crippen molar-refractivity contribution in [2.45, 2.75) is 44.4 Å². The van der Waals surface area contributed by atoms with Crippen molar-refractivity contribution in [1.29, 1.82) is 0 Å². The van der Waals surface area contributed by atoms with E-state index in [4.69, 9.17) is 5.11 Å². The average molecular weight is 286 g/mol. The molecule has 0 aliphatic heterocycles. The monoisotopic (exact) mass is 286 g/mol. The minimum Gasteiger partial charge on any atom is -0.481 e. The molecule has 6 nitrogen and oxygen atoms in total. The van der Waals surface area contributed by atoms with Gasteiger partial charge < -0.3 is 14.6 Å². The van der Waals surface area contributed by atoms with Crippen LogP contribution in [0.1, 0.15) is 26.1 Å². The smallest absolute Gasteiger partial charge is 0.313 e. The van der Waals surface area contributed by atoms with Gasteiger partial charge in [-0.05, 0) is 27.4 Å². The number of likely N-dealkylation sites (N-methyl/N-ethyl adjacent to an activating group) is 1. The number of carbonyl (C=O) groups is 1. The molecule has 1 N–H and O–H groups in total. The molecule has 0 saturated heterocycles. The summed E-state index contributed by atoms with van der Waals surface area (Å²) in [4.78, 5) is 12.8. The number of carboxylic acid groups (broad SMARTS) is 1. The summed E-state index contributed by atoms with van der Waals surface area (Å²) in [7, 11) is 4.05. The van der Waals surface area contributed by atoms with Crippen LogP contribution in [0.15, 0.2) is 5.16 Å². The number of nitrogens with zero attached hydrogens (tertiary/aromatic N) is 4. The van der Waals surface area contributed by atoms with Crippen LogP contribution in [-0.4, -0.2) is 56.6 Å². The highest BCUT2D eigenvalue weighted by atomic mass is 32.2. The topological polar surface area (TPSA) is 71.2 Å². The van der Waals surface area contributed by atoms with Crippen LogP contribution >= 0.6 is 11.8 Å². The second-order valence-corrected chi connectivity index (χ2v) is 5.70. The van der Waals surface area contributed by atoms with Crippen LogP contribution in [0.2, 0.25) is 0 Å². The van der Waals surface area contributed by atoms with E-state index in [9.17, 15) is 4.79 Å². The first-order valence-corrected chi connectivity index (χ1v) is 7.37. The predicted octanol–water partition coefficient (Wildman–Crippen LogP) is 1.36. The summed E-state index contributed by atoms with van der Waals surface area (Å²) in [5.41, 5.74) is 0.